The highest BCUT2D eigenvalue weighted by Crippen LogP contribution is 2.30. The predicted octanol–water partition coefficient (Wildman–Crippen LogP) is 3.60. The molecule has 1 aliphatic heterocycles. The van der Waals surface area contributed by atoms with E-state index in [1.165, 1.54) is 11.3 Å². The molecule has 15 heavy (non-hydrogen) atoms. The first-order chi connectivity index (χ1) is 7.07. The fourth-order valence-corrected chi connectivity index (χ4v) is 2.22. The van der Waals surface area contributed by atoms with Gasteiger partial charge in [0.1, 0.15) is 0 Å². The minimum absolute atomic E-state index is 0.296. The van der Waals surface area contributed by atoms with Gasteiger partial charge in [0.25, 0.3) is 0 Å². The lowest BCUT2D eigenvalue weighted by Gasteiger charge is -2.26. The maximum atomic E-state index is 3.60. The molecule has 80 valence electrons. The van der Waals surface area contributed by atoms with Crippen molar-refractivity contribution in [2.45, 2.75) is 29.7 Å². The maximum Gasteiger partial charge on any atom is 0.0437 e. The van der Waals surface area contributed by atoms with Crippen molar-refractivity contribution in [2.75, 3.05) is 0 Å². The zero-order chi connectivity index (χ0) is 10.9. The highest BCUT2D eigenvalue weighted by Gasteiger charge is 2.29. The van der Waals surface area contributed by atoms with Crippen LogP contribution in [0.15, 0.2) is 36.4 Å². The van der Waals surface area contributed by atoms with E-state index in [-0.39, 0.29) is 0 Å². The minimum Gasteiger partial charge on any atom is -0.380 e. The van der Waals surface area contributed by atoms with E-state index in [4.69, 9.17) is 0 Å². The van der Waals surface area contributed by atoms with Crippen LogP contribution in [0.2, 0.25) is 0 Å². The molecule has 2 heteroatoms. The summed E-state index contributed by atoms with van der Waals surface area (Å²) in [5.74, 6) is 0. The van der Waals surface area contributed by atoms with Crippen LogP contribution in [0.1, 0.15) is 25.8 Å². The highest BCUT2D eigenvalue weighted by atomic mass is 127. The molecule has 0 saturated carbocycles. The molecule has 2 rings (SSSR count). The maximum absolute atomic E-state index is 3.60. The Morgan fingerprint density at radius 1 is 1.27 bits per heavy atom. The molecule has 0 aromatic heterocycles. The summed E-state index contributed by atoms with van der Waals surface area (Å²) in [6.07, 6.45) is 3.43. The SMILES string of the molecule is CC(C)(I)C1CC=C(c2ccccc2)N1. The molecular formula is C13H16IN. The highest BCUT2D eigenvalue weighted by molar-refractivity contribution is 14.1. The van der Waals surface area contributed by atoms with Gasteiger partial charge >= 0.3 is 0 Å². The molecule has 1 aromatic rings. The average Bonchev–Trinajstić information content (AvgIpc) is 2.67. The lowest BCUT2D eigenvalue weighted by Crippen LogP contribution is -2.38. The molecule has 1 aromatic carbocycles. The quantitative estimate of drug-likeness (QED) is 0.650. The zero-order valence-electron chi connectivity index (χ0n) is 9.13. The number of hydrogen-bond acceptors (Lipinski definition) is 1. The Bertz CT molecular complexity index is 362. The molecule has 0 radical (unpaired) electrons. The summed E-state index contributed by atoms with van der Waals surface area (Å²) >= 11 is 2.51. The van der Waals surface area contributed by atoms with Crippen molar-refractivity contribution < 1.29 is 0 Å². The molecular weight excluding hydrogens is 297 g/mol. The van der Waals surface area contributed by atoms with Gasteiger partial charge in [0.05, 0.1) is 0 Å². The molecule has 1 aliphatic rings. The van der Waals surface area contributed by atoms with Crippen LogP contribution in [0.3, 0.4) is 0 Å². The Labute approximate surface area is 105 Å². The van der Waals surface area contributed by atoms with E-state index >= 15 is 0 Å². The van der Waals surface area contributed by atoms with E-state index in [0.29, 0.717) is 9.46 Å². The molecule has 1 atom stereocenters. The van der Waals surface area contributed by atoms with Crippen LogP contribution in [0.5, 0.6) is 0 Å². The first-order valence-electron chi connectivity index (χ1n) is 5.28. The van der Waals surface area contributed by atoms with Crippen LogP contribution in [0.4, 0.5) is 0 Å². The normalized spacial score (nSPS) is 21.0. The summed E-state index contributed by atoms with van der Waals surface area (Å²) < 4.78 is 0.296. The molecule has 1 N–H and O–H groups in total. The van der Waals surface area contributed by atoms with Gasteiger partial charge in [-0.15, -0.1) is 0 Å². The monoisotopic (exact) mass is 313 g/mol. The van der Waals surface area contributed by atoms with Crippen LogP contribution in [0.25, 0.3) is 5.70 Å². The number of alkyl halides is 1. The Morgan fingerprint density at radius 2 is 1.93 bits per heavy atom. The summed E-state index contributed by atoms with van der Waals surface area (Å²) in [5, 5.41) is 3.60. The fraction of sp³-hybridized carbons (Fsp3) is 0.385. The van der Waals surface area contributed by atoms with Crippen molar-refractivity contribution in [3.63, 3.8) is 0 Å². The average molecular weight is 313 g/mol. The minimum atomic E-state index is 0.296. The third-order valence-electron chi connectivity index (χ3n) is 2.80. The fourth-order valence-electron chi connectivity index (χ4n) is 1.81. The first kappa shape index (κ1) is 11.0. The molecule has 0 bridgehead atoms. The lowest BCUT2D eigenvalue weighted by molar-refractivity contribution is 0.531. The Balaban J connectivity index is 2.11. The van der Waals surface area contributed by atoms with Gasteiger partial charge in [-0.1, -0.05) is 59.0 Å². The van der Waals surface area contributed by atoms with Crippen molar-refractivity contribution in [3.8, 4) is 0 Å². The van der Waals surface area contributed by atoms with Crippen LogP contribution < -0.4 is 5.32 Å². The second kappa shape index (κ2) is 4.16. The molecule has 1 unspecified atom stereocenters. The third kappa shape index (κ3) is 2.54. The Morgan fingerprint density at radius 3 is 2.47 bits per heavy atom. The van der Waals surface area contributed by atoms with E-state index in [9.17, 15) is 0 Å². The van der Waals surface area contributed by atoms with E-state index in [2.05, 4.69) is 78.2 Å². The number of hydrogen-bond donors (Lipinski definition) is 1. The standard InChI is InChI=1S/C13H16IN/c1-13(2,14)12-9-8-11(15-12)10-6-4-3-5-7-10/h3-8,12,15H,9H2,1-2H3. The largest absolute Gasteiger partial charge is 0.380 e. The number of rotatable bonds is 2. The number of halogens is 1. The zero-order valence-corrected chi connectivity index (χ0v) is 11.3. The van der Waals surface area contributed by atoms with Crippen molar-refractivity contribution >= 4 is 28.3 Å². The number of benzene rings is 1. The summed E-state index contributed by atoms with van der Waals surface area (Å²) in [5.41, 5.74) is 2.57. The third-order valence-corrected chi connectivity index (χ3v) is 3.55. The molecule has 1 nitrogen and oxygen atoms in total. The van der Waals surface area contributed by atoms with Crippen molar-refractivity contribution in [3.05, 3.63) is 42.0 Å². The van der Waals surface area contributed by atoms with Crippen LogP contribution in [0, 0.1) is 0 Å². The van der Waals surface area contributed by atoms with Gasteiger partial charge in [-0.05, 0) is 25.8 Å². The summed E-state index contributed by atoms with van der Waals surface area (Å²) in [4.78, 5) is 0. The van der Waals surface area contributed by atoms with E-state index < -0.39 is 0 Å². The van der Waals surface area contributed by atoms with Gasteiger partial charge in [0.15, 0.2) is 0 Å². The van der Waals surface area contributed by atoms with Crippen LogP contribution in [-0.4, -0.2) is 9.46 Å². The van der Waals surface area contributed by atoms with Gasteiger partial charge in [-0.25, -0.2) is 0 Å². The first-order valence-corrected chi connectivity index (χ1v) is 6.36. The molecule has 0 spiro atoms. The predicted molar refractivity (Wildman–Crippen MR) is 74.1 cm³/mol. The Kier molecular flexibility index (Phi) is 3.05. The van der Waals surface area contributed by atoms with Crippen molar-refractivity contribution in [1.29, 1.82) is 0 Å². The topological polar surface area (TPSA) is 12.0 Å². The van der Waals surface area contributed by atoms with E-state index in [1.807, 2.05) is 0 Å². The van der Waals surface area contributed by atoms with Gasteiger partial charge in [-0.2, -0.15) is 0 Å². The summed E-state index contributed by atoms with van der Waals surface area (Å²) in [6.45, 7) is 4.54. The van der Waals surface area contributed by atoms with Gasteiger partial charge < -0.3 is 5.32 Å². The van der Waals surface area contributed by atoms with E-state index in [1.54, 1.807) is 0 Å². The van der Waals surface area contributed by atoms with E-state index in [0.717, 1.165) is 6.42 Å². The Hall–Kier alpha value is -0.510. The van der Waals surface area contributed by atoms with Gasteiger partial charge in [-0.3, -0.25) is 0 Å². The lowest BCUT2D eigenvalue weighted by atomic mass is 10.0. The molecule has 0 fully saturated rings. The van der Waals surface area contributed by atoms with Gasteiger partial charge in [0.2, 0.25) is 0 Å². The molecule has 1 heterocycles. The van der Waals surface area contributed by atoms with Crippen LogP contribution >= 0.6 is 22.6 Å². The van der Waals surface area contributed by atoms with Crippen molar-refractivity contribution in [2.24, 2.45) is 0 Å². The van der Waals surface area contributed by atoms with Gasteiger partial charge in [0, 0.05) is 15.2 Å². The second-order valence-corrected chi connectivity index (χ2v) is 7.26. The summed E-state index contributed by atoms with van der Waals surface area (Å²) in [6, 6.07) is 11.1. The molecule has 0 amide bonds. The number of nitrogens with one attached hydrogen (secondary N) is 1. The summed E-state index contributed by atoms with van der Waals surface area (Å²) in [7, 11) is 0. The van der Waals surface area contributed by atoms with Crippen molar-refractivity contribution in [1.82, 2.24) is 5.32 Å². The van der Waals surface area contributed by atoms with Crippen LogP contribution in [-0.2, 0) is 0 Å². The molecule has 0 aliphatic carbocycles. The second-order valence-electron chi connectivity index (χ2n) is 4.48. The smallest absolute Gasteiger partial charge is 0.0437 e. The molecule has 0 saturated heterocycles.